The molecule has 0 radical (unpaired) electrons. The SMILES string of the molecule is COCC(CN)c1cc2c(cc1C)OCCO2. The normalized spacial score (nSPS) is 15.7. The van der Waals surface area contributed by atoms with Gasteiger partial charge in [-0.05, 0) is 30.2 Å². The highest BCUT2D eigenvalue weighted by atomic mass is 16.6. The number of hydrogen-bond donors (Lipinski definition) is 1. The topological polar surface area (TPSA) is 53.7 Å². The summed E-state index contributed by atoms with van der Waals surface area (Å²) in [5.41, 5.74) is 8.13. The molecule has 17 heavy (non-hydrogen) atoms. The van der Waals surface area contributed by atoms with Gasteiger partial charge in [0.1, 0.15) is 13.2 Å². The molecule has 0 bridgehead atoms. The Bertz CT molecular complexity index is 392. The van der Waals surface area contributed by atoms with Crippen molar-refractivity contribution in [2.45, 2.75) is 12.8 Å². The first-order valence-electron chi connectivity index (χ1n) is 5.85. The monoisotopic (exact) mass is 237 g/mol. The van der Waals surface area contributed by atoms with E-state index in [4.69, 9.17) is 19.9 Å². The molecule has 0 spiro atoms. The number of hydrogen-bond acceptors (Lipinski definition) is 4. The van der Waals surface area contributed by atoms with Gasteiger partial charge in [0, 0.05) is 19.6 Å². The van der Waals surface area contributed by atoms with Gasteiger partial charge in [-0.1, -0.05) is 0 Å². The second kappa shape index (κ2) is 5.38. The van der Waals surface area contributed by atoms with Crippen LogP contribution in [-0.4, -0.2) is 33.5 Å². The van der Waals surface area contributed by atoms with Crippen LogP contribution < -0.4 is 15.2 Å². The van der Waals surface area contributed by atoms with Crippen molar-refractivity contribution in [3.05, 3.63) is 23.3 Å². The fourth-order valence-corrected chi connectivity index (χ4v) is 2.13. The number of nitrogens with two attached hydrogens (primary N) is 1. The van der Waals surface area contributed by atoms with E-state index in [2.05, 4.69) is 6.92 Å². The van der Waals surface area contributed by atoms with Crippen LogP contribution in [0.3, 0.4) is 0 Å². The van der Waals surface area contributed by atoms with E-state index in [1.54, 1.807) is 7.11 Å². The van der Waals surface area contributed by atoms with Gasteiger partial charge in [0.25, 0.3) is 0 Å². The second-order valence-electron chi connectivity index (χ2n) is 4.24. The third kappa shape index (κ3) is 2.53. The van der Waals surface area contributed by atoms with Crippen LogP contribution in [0.25, 0.3) is 0 Å². The smallest absolute Gasteiger partial charge is 0.161 e. The highest BCUT2D eigenvalue weighted by Gasteiger charge is 2.18. The zero-order valence-corrected chi connectivity index (χ0v) is 10.4. The van der Waals surface area contributed by atoms with E-state index in [0.717, 1.165) is 11.5 Å². The lowest BCUT2D eigenvalue weighted by Crippen LogP contribution is -2.20. The zero-order chi connectivity index (χ0) is 12.3. The molecule has 1 aromatic rings. The van der Waals surface area contributed by atoms with Gasteiger partial charge in [-0.15, -0.1) is 0 Å². The molecule has 94 valence electrons. The first kappa shape index (κ1) is 12.2. The average molecular weight is 237 g/mol. The van der Waals surface area contributed by atoms with Gasteiger partial charge in [-0.2, -0.15) is 0 Å². The Morgan fingerprint density at radius 1 is 1.29 bits per heavy atom. The van der Waals surface area contributed by atoms with Gasteiger partial charge in [0.05, 0.1) is 6.61 Å². The maximum atomic E-state index is 5.78. The summed E-state index contributed by atoms with van der Waals surface area (Å²) in [6.07, 6.45) is 0. The summed E-state index contributed by atoms with van der Waals surface area (Å²) < 4.78 is 16.3. The summed E-state index contributed by atoms with van der Waals surface area (Å²) in [5.74, 6) is 1.84. The number of rotatable bonds is 4. The van der Waals surface area contributed by atoms with E-state index in [-0.39, 0.29) is 5.92 Å². The highest BCUT2D eigenvalue weighted by Crippen LogP contribution is 2.35. The number of fused-ring (bicyclic) bond motifs is 1. The summed E-state index contributed by atoms with van der Waals surface area (Å²) in [7, 11) is 1.69. The molecule has 0 aromatic heterocycles. The standard InChI is InChI=1S/C13H19NO3/c1-9-5-12-13(17-4-3-16-12)6-11(9)10(7-14)8-15-2/h5-6,10H,3-4,7-8,14H2,1-2H3. The van der Waals surface area contributed by atoms with Crippen molar-refractivity contribution in [3.63, 3.8) is 0 Å². The summed E-state index contributed by atoms with van der Waals surface area (Å²) in [6.45, 7) is 4.47. The number of ether oxygens (including phenoxy) is 3. The Balaban J connectivity index is 2.33. The third-order valence-electron chi connectivity index (χ3n) is 3.02. The van der Waals surface area contributed by atoms with Crippen LogP contribution in [0, 0.1) is 6.92 Å². The molecule has 0 amide bonds. The quantitative estimate of drug-likeness (QED) is 0.861. The molecule has 2 N–H and O–H groups in total. The van der Waals surface area contributed by atoms with Crippen molar-refractivity contribution in [1.82, 2.24) is 0 Å². The fourth-order valence-electron chi connectivity index (χ4n) is 2.13. The Kier molecular flexibility index (Phi) is 3.86. The second-order valence-corrected chi connectivity index (χ2v) is 4.24. The number of aryl methyl sites for hydroxylation is 1. The fraction of sp³-hybridized carbons (Fsp3) is 0.538. The van der Waals surface area contributed by atoms with E-state index in [1.807, 2.05) is 12.1 Å². The van der Waals surface area contributed by atoms with Crippen LogP contribution in [0.5, 0.6) is 11.5 Å². The Hall–Kier alpha value is -1.26. The van der Waals surface area contributed by atoms with Gasteiger partial charge in [-0.25, -0.2) is 0 Å². The molecule has 0 saturated heterocycles. The predicted molar refractivity (Wildman–Crippen MR) is 65.8 cm³/mol. The van der Waals surface area contributed by atoms with Crippen molar-refractivity contribution < 1.29 is 14.2 Å². The van der Waals surface area contributed by atoms with Gasteiger partial charge in [-0.3, -0.25) is 0 Å². The van der Waals surface area contributed by atoms with Crippen LogP contribution in [0.2, 0.25) is 0 Å². The molecule has 2 rings (SSSR count). The van der Waals surface area contributed by atoms with Gasteiger partial charge in [0.2, 0.25) is 0 Å². The molecule has 0 saturated carbocycles. The third-order valence-corrected chi connectivity index (χ3v) is 3.02. The maximum Gasteiger partial charge on any atom is 0.161 e. The van der Waals surface area contributed by atoms with Crippen molar-refractivity contribution in [1.29, 1.82) is 0 Å². The Labute approximate surface area is 102 Å². The van der Waals surface area contributed by atoms with Crippen LogP contribution in [-0.2, 0) is 4.74 Å². The number of methoxy groups -OCH3 is 1. The van der Waals surface area contributed by atoms with Gasteiger partial charge >= 0.3 is 0 Å². The number of benzene rings is 1. The van der Waals surface area contributed by atoms with Gasteiger partial charge in [0.15, 0.2) is 11.5 Å². The molecular weight excluding hydrogens is 218 g/mol. The molecule has 4 heteroatoms. The van der Waals surface area contributed by atoms with Crippen molar-refractivity contribution in [2.75, 3.05) is 33.5 Å². The van der Waals surface area contributed by atoms with Crippen LogP contribution in [0.1, 0.15) is 17.0 Å². The molecule has 1 atom stereocenters. The highest BCUT2D eigenvalue weighted by molar-refractivity contribution is 5.49. The van der Waals surface area contributed by atoms with E-state index in [0.29, 0.717) is 26.4 Å². The molecule has 1 unspecified atom stereocenters. The summed E-state index contributed by atoms with van der Waals surface area (Å²) in [5, 5.41) is 0. The van der Waals surface area contributed by atoms with Crippen LogP contribution >= 0.6 is 0 Å². The molecule has 1 aliphatic rings. The van der Waals surface area contributed by atoms with Gasteiger partial charge < -0.3 is 19.9 Å². The Morgan fingerprint density at radius 2 is 1.94 bits per heavy atom. The minimum atomic E-state index is 0.204. The van der Waals surface area contributed by atoms with Crippen molar-refractivity contribution in [3.8, 4) is 11.5 Å². The molecular formula is C13H19NO3. The minimum Gasteiger partial charge on any atom is -0.486 e. The molecule has 1 heterocycles. The van der Waals surface area contributed by atoms with E-state index < -0.39 is 0 Å². The average Bonchev–Trinajstić information content (AvgIpc) is 2.35. The first-order valence-corrected chi connectivity index (χ1v) is 5.85. The predicted octanol–water partition coefficient (Wildman–Crippen LogP) is 1.45. The summed E-state index contributed by atoms with van der Waals surface area (Å²) >= 11 is 0. The van der Waals surface area contributed by atoms with E-state index in [1.165, 1.54) is 11.1 Å². The molecule has 1 aromatic carbocycles. The molecule has 4 nitrogen and oxygen atoms in total. The van der Waals surface area contributed by atoms with E-state index >= 15 is 0 Å². The first-order chi connectivity index (χ1) is 8.26. The van der Waals surface area contributed by atoms with Crippen molar-refractivity contribution >= 4 is 0 Å². The molecule has 0 aliphatic carbocycles. The summed E-state index contributed by atoms with van der Waals surface area (Å²) in [6, 6.07) is 4.04. The Morgan fingerprint density at radius 3 is 2.53 bits per heavy atom. The maximum absolute atomic E-state index is 5.78. The molecule has 1 aliphatic heterocycles. The lowest BCUT2D eigenvalue weighted by atomic mass is 9.94. The van der Waals surface area contributed by atoms with Crippen molar-refractivity contribution in [2.24, 2.45) is 5.73 Å². The summed E-state index contributed by atoms with van der Waals surface area (Å²) in [4.78, 5) is 0. The zero-order valence-electron chi connectivity index (χ0n) is 10.4. The van der Waals surface area contributed by atoms with Crippen LogP contribution in [0.4, 0.5) is 0 Å². The largest absolute Gasteiger partial charge is 0.486 e. The van der Waals surface area contributed by atoms with Crippen LogP contribution in [0.15, 0.2) is 12.1 Å². The molecule has 0 fully saturated rings. The van der Waals surface area contributed by atoms with E-state index in [9.17, 15) is 0 Å². The lowest BCUT2D eigenvalue weighted by Gasteiger charge is -2.23. The minimum absolute atomic E-state index is 0.204. The lowest BCUT2D eigenvalue weighted by molar-refractivity contribution is 0.169.